The molecule has 2 aromatic rings. The van der Waals surface area contributed by atoms with Crippen LogP contribution in [0.25, 0.3) is 6.08 Å². The number of ether oxygens (including phenoxy) is 1. The second-order valence-electron chi connectivity index (χ2n) is 6.21. The molecule has 2 atom stereocenters. The van der Waals surface area contributed by atoms with Crippen LogP contribution in [0.15, 0.2) is 60.7 Å². The second-order valence-corrected chi connectivity index (χ2v) is 6.58. The van der Waals surface area contributed by atoms with E-state index in [-0.39, 0.29) is 18.1 Å². The summed E-state index contributed by atoms with van der Waals surface area (Å²) in [6.45, 7) is 0. The zero-order valence-electron chi connectivity index (χ0n) is 15.0. The number of amides is 1. The molecule has 0 spiro atoms. The van der Waals surface area contributed by atoms with Crippen molar-refractivity contribution < 1.29 is 14.3 Å². The predicted octanol–water partition coefficient (Wildman–Crippen LogP) is 2.68. The van der Waals surface area contributed by atoms with E-state index >= 15 is 0 Å². The van der Waals surface area contributed by atoms with E-state index in [4.69, 9.17) is 4.74 Å². The number of methoxy groups -OCH3 is 1. The number of rotatable bonds is 6. The van der Waals surface area contributed by atoms with Crippen LogP contribution in [-0.2, 0) is 20.7 Å². The molecule has 0 saturated carbocycles. The van der Waals surface area contributed by atoms with Gasteiger partial charge in [0.05, 0.1) is 19.2 Å². The zero-order chi connectivity index (χ0) is 19.2. The molecule has 1 aliphatic heterocycles. The number of benzene rings is 2. The SMILES string of the molecule is COC(=O)C(CS)N[C@@H]1C=Cc2ccccc2N1C(=O)Cc1ccccc1. The number of nitrogens with one attached hydrogen (secondary N) is 1. The quantitative estimate of drug-likeness (QED) is 0.596. The van der Waals surface area contributed by atoms with Crippen LogP contribution in [0.1, 0.15) is 11.1 Å². The van der Waals surface area contributed by atoms with E-state index in [1.165, 1.54) is 7.11 Å². The van der Waals surface area contributed by atoms with Crippen molar-refractivity contribution in [3.63, 3.8) is 0 Å². The third kappa shape index (κ3) is 4.40. The molecule has 6 heteroatoms. The monoisotopic (exact) mass is 382 g/mol. The highest BCUT2D eigenvalue weighted by Gasteiger charge is 2.31. The van der Waals surface area contributed by atoms with Gasteiger partial charge < -0.3 is 4.74 Å². The number of hydrogen-bond acceptors (Lipinski definition) is 5. The van der Waals surface area contributed by atoms with Crippen molar-refractivity contribution in [2.75, 3.05) is 17.8 Å². The Hall–Kier alpha value is -2.57. The number of fused-ring (bicyclic) bond motifs is 1. The molecular weight excluding hydrogens is 360 g/mol. The van der Waals surface area contributed by atoms with Crippen molar-refractivity contribution in [1.29, 1.82) is 0 Å². The van der Waals surface area contributed by atoms with Gasteiger partial charge >= 0.3 is 5.97 Å². The van der Waals surface area contributed by atoms with Crippen molar-refractivity contribution in [3.8, 4) is 0 Å². The normalized spacial score (nSPS) is 16.5. The largest absolute Gasteiger partial charge is 0.468 e. The number of hydrogen-bond donors (Lipinski definition) is 2. The molecule has 0 aliphatic carbocycles. The molecule has 27 heavy (non-hydrogen) atoms. The molecule has 1 amide bonds. The fourth-order valence-electron chi connectivity index (χ4n) is 3.10. The van der Waals surface area contributed by atoms with Gasteiger partial charge in [0.2, 0.25) is 5.91 Å². The Kier molecular flexibility index (Phi) is 6.32. The van der Waals surface area contributed by atoms with Crippen LogP contribution in [0.4, 0.5) is 5.69 Å². The van der Waals surface area contributed by atoms with Gasteiger partial charge in [0.15, 0.2) is 0 Å². The first-order valence-corrected chi connectivity index (χ1v) is 9.35. The number of anilines is 1. The van der Waals surface area contributed by atoms with E-state index in [0.29, 0.717) is 0 Å². The minimum absolute atomic E-state index is 0.0571. The number of nitrogens with zero attached hydrogens (tertiary/aromatic N) is 1. The molecule has 0 aromatic heterocycles. The predicted molar refractivity (Wildman–Crippen MR) is 110 cm³/mol. The van der Waals surface area contributed by atoms with E-state index in [9.17, 15) is 9.59 Å². The zero-order valence-corrected chi connectivity index (χ0v) is 15.9. The summed E-state index contributed by atoms with van der Waals surface area (Å²) in [5.74, 6) is -0.203. The van der Waals surface area contributed by atoms with Crippen LogP contribution in [0.2, 0.25) is 0 Å². The highest BCUT2D eigenvalue weighted by Crippen LogP contribution is 2.29. The Balaban J connectivity index is 1.90. The highest BCUT2D eigenvalue weighted by molar-refractivity contribution is 7.80. The van der Waals surface area contributed by atoms with E-state index in [1.807, 2.05) is 66.7 Å². The Labute approximate surface area is 164 Å². The summed E-state index contributed by atoms with van der Waals surface area (Å²) in [7, 11) is 1.34. The molecule has 1 heterocycles. The van der Waals surface area contributed by atoms with Gasteiger partial charge in [-0.05, 0) is 23.3 Å². The molecule has 5 nitrogen and oxygen atoms in total. The number of esters is 1. The standard InChI is InChI=1S/C21H22N2O3S/c1-26-21(25)17(14-27)22-19-12-11-16-9-5-6-10-18(16)23(19)20(24)13-15-7-3-2-4-8-15/h2-12,17,19,22,27H,13-14H2,1H3/t17?,19-/m0/s1. The third-order valence-corrected chi connectivity index (χ3v) is 4.80. The number of para-hydroxylation sites is 1. The Morgan fingerprint density at radius 1 is 1.15 bits per heavy atom. The summed E-state index contributed by atoms with van der Waals surface area (Å²) in [5, 5.41) is 3.18. The lowest BCUT2D eigenvalue weighted by molar-refractivity contribution is -0.142. The molecule has 3 rings (SSSR count). The van der Waals surface area contributed by atoms with Crippen LogP contribution in [0, 0.1) is 0 Å². The first-order valence-electron chi connectivity index (χ1n) is 8.72. The van der Waals surface area contributed by atoms with Gasteiger partial charge in [-0.2, -0.15) is 12.6 Å². The highest BCUT2D eigenvalue weighted by atomic mass is 32.1. The molecule has 140 valence electrons. The van der Waals surface area contributed by atoms with Crippen LogP contribution in [0.3, 0.4) is 0 Å². The van der Waals surface area contributed by atoms with E-state index in [0.717, 1.165) is 16.8 Å². The van der Waals surface area contributed by atoms with E-state index < -0.39 is 18.2 Å². The van der Waals surface area contributed by atoms with Crippen LogP contribution >= 0.6 is 12.6 Å². The smallest absolute Gasteiger partial charge is 0.323 e. The molecule has 0 bridgehead atoms. The van der Waals surface area contributed by atoms with Crippen molar-refractivity contribution in [1.82, 2.24) is 5.32 Å². The first kappa shape index (κ1) is 19.2. The average Bonchev–Trinajstić information content (AvgIpc) is 2.71. The lowest BCUT2D eigenvalue weighted by Gasteiger charge is -2.36. The summed E-state index contributed by atoms with van der Waals surface area (Å²) in [6, 6.07) is 16.7. The van der Waals surface area contributed by atoms with Crippen molar-refractivity contribution in [2.45, 2.75) is 18.6 Å². The average molecular weight is 382 g/mol. The minimum atomic E-state index is -0.620. The molecule has 1 aliphatic rings. The number of carbonyl (C=O) groups is 2. The van der Waals surface area contributed by atoms with Crippen molar-refractivity contribution in [3.05, 3.63) is 71.8 Å². The second kappa shape index (κ2) is 8.88. The first-order chi connectivity index (χ1) is 13.1. The maximum Gasteiger partial charge on any atom is 0.323 e. The molecular formula is C21H22N2O3S. The summed E-state index contributed by atoms with van der Waals surface area (Å²) < 4.78 is 4.83. The minimum Gasteiger partial charge on any atom is -0.468 e. The summed E-state index contributed by atoms with van der Waals surface area (Å²) in [6.07, 6.45) is 3.63. The lowest BCUT2D eigenvalue weighted by Crippen LogP contribution is -2.55. The van der Waals surface area contributed by atoms with Crippen molar-refractivity contribution >= 4 is 36.3 Å². The van der Waals surface area contributed by atoms with Crippen LogP contribution in [0.5, 0.6) is 0 Å². The Bertz CT molecular complexity index is 838. The summed E-state index contributed by atoms with van der Waals surface area (Å²) in [4.78, 5) is 26.8. The number of thiol groups is 1. The van der Waals surface area contributed by atoms with Crippen LogP contribution < -0.4 is 10.2 Å². The third-order valence-electron chi connectivity index (χ3n) is 4.44. The van der Waals surface area contributed by atoms with Crippen molar-refractivity contribution in [2.24, 2.45) is 0 Å². The van der Waals surface area contributed by atoms with E-state index in [1.54, 1.807) is 4.90 Å². The van der Waals surface area contributed by atoms with E-state index in [2.05, 4.69) is 17.9 Å². The maximum atomic E-state index is 13.2. The van der Waals surface area contributed by atoms with Gasteiger partial charge in [-0.25, -0.2) is 0 Å². The fraction of sp³-hybridized carbons (Fsp3) is 0.238. The van der Waals surface area contributed by atoms with Gasteiger partial charge in [0.25, 0.3) is 0 Å². The maximum absolute atomic E-state index is 13.2. The fourth-order valence-corrected chi connectivity index (χ4v) is 3.35. The summed E-state index contributed by atoms with van der Waals surface area (Å²) in [5.41, 5.74) is 2.70. The number of carbonyl (C=O) groups excluding carboxylic acids is 2. The van der Waals surface area contributed by atoms with Gasteiger partial charge in [-0.1, -0.05) is 54.6 Å². The van der Waals surface area contributed by atoms with Crippen LogP contribution in [-0.4, -0.2) is 36.9 Å². The van der Waals surface area contributed by atoms with Gasteiger partial charge in [0.1, 0.15) is 12.2 Å². The van der Waals surface area contributed by atoms with Gasteiger partial charge in [-0.15, -0.1) is 0 Å². The van der Waals surface area contributed by atoms with Gasteiger partial charge in [-0.3, -0.25) is 19.8 Å². The lowest BCUT2D eigenvalue weighted by atomic mass is 10.0. The topological polar surface area (TPSA) is 58.6 Å². The van der Waals surface area contributed by atoms with Gasteiger partial charge in [0, 0.05) is 5.75 Å². The molecule has 2 aromatic carbocycles. The molecule has 1 unspecified atom stereocenters. The molecule has 0 fully saturated rings. The summed E-state index contributed by atoms with van der Waals surface area (Å²) >= 11 is 4.23. The molecule has 1 N–H and O–H groups in total. The molecule has 0 radical (unpaired) electrons. The Morgan fingerprint density at radius 3 is 2.56 bits per heavy atom. The molecule has 0 saturated heterocycles. The Morgan fingerprint density at radius 2 is 1.85 bits per heavy atom.